The Hall–Kier alpha value is -2.54. The molecule has 1 heterocycles. The molecule has 0 unspecified atom stereocenters. The summed E-state index contributed by atoms with van der Waals surface area (Å²) >= 11 is 0. The number of ether oxygens (including phenoxy) is 2. The topological polar surface area (TPSA) is 96.3 Å². The molecule has 24 heavy (non-hydrogen) atoms. The minimum Gasteiger partial charge on any atom is -0.497 e. The summed E-state index contributed by atoms with van der Waals surface area (Å²) in [6.45, 7) is 3.83. The van der Waals surface area contributed by atoms with E-state index in [0.29, 0.717) is 0 Å². The van der Waals surface area contributed by atoms with Crippen LogP contribution in [0.4, 0.5) is 4.79 Å². The first-order valence-corrected chi connectivity index (χ1v) is 7.52. The molecule has 0 spiro atoms. The van der Waals surface area contributed by atoms with Crippen LogP contribution in [0.25, 0.3) is 0 Å². The molecular weight excluding hydrogens is 314 g/mol. The van der Waals surface area contributed by atoms with E-state index in [9.17, 15) is 19.8 Å². The van der Waals surface area contributed by atoms with Crippen molar-refractivity contribution < 1.29 is 29.3 Å². The molecule has 1 aromatic rings. The number of rotatable bonds is 7. The van der Waals surface area contributed by atoms with Crippen molar-refractivity contribution in [3.05, 3.63) is 42.5 Å². The maximum atomic E-state index is 11.7. The van der Waals surface area contributed by atoms with Gasteiger partial charge in [-0.15, -0.1) is 6.58 Å². The molecule has 1 aromatic carbocycles. The lowest BCUT2D eigenvalue weighted by Gasteiger charge is -2.31. The second-order valence-electron chi connectivity index (χ2n) is 5.71. The number of hydrogen-bond donors (Lipinski definition) is 2. The van der Waals surface area contributed by atoms with Crippen molar-refractivity contribution in [1.82, 2.24) is 4.90 Å². The van der Waals surface area contributed by atoms with Gasteiger partial charge in [0.2, 0.25) is 0 Å². The Morgan fingerprint density at radius 1 is 1.38 bits per heavy atom. The van der Waals surface area contributed by atoms with Crippen LogP contribution in [0.3, 0.4) is 0 Å². The molecule has 7 nitrogen and oxygen atoms in total. The summed E-state index contributed by atoms with van der Waals surface area (Å²) in [5.74, 6) is -0.451. The van der Waals surface area contributed by atoms with Gasteiger partial charge < -0.3 is 19.7 Å². The van der Waals surface area contributed by atoms with E-state index in [1.165, 1.54) is 6.08 Å². The quantitative estimate of drug-likeness (QED) is 0.743. The lowest BCUT2D eigenvalue weighted by atomic mass is 9.91. The fourth-order valence-corrected chi connectivity index (χ4v) is 2.96. The van der Waals surface area contributed by atoms with Crippen LogP contribution in [-0.2, 0) is 16.1 Å². The molecule has 0 radical (unpaired) electrons. The predicted octanol–water partition coefficient (Wildman–Crippen LogP) is 2.36. The van der Waals surface area contributed by atoms with Crippen molar-refractivity contribution in [2.24, 2.45) is 0 Å². The number of likely N-dealkylation sites (tertiary alicyclic amines) is 1. The standard InChI is InChI=1S/C17H21NO6/c1-3-8-17(15(19)20)9-14(10-18(17)16(21)22)24-11-12-4-6-13(23-2)7-5-12/h3-7,14H,1,8-11H2,2H3,(H,19,20)(H,21,22)/t14-,17+/m1/s1. The van der Waals surface area contributed by atoms with Crippen LogP contribution in [0.2, 0.25) is 0 Å². The number of benzene rings is 1. The van der Waals surface area contributed by atoms with E-state index in [1.54, 1.807) is 19.2 Å². The highest BCUT2D eigenvalue weighted by Gasteiger charge is 2.53. The molecule has 0 aromatic heterocycles. The average molecular weight is 335 g/mol. The molecule has 2 rings (SSSR count). The van der Waals surface area contributed by atoms with Crippen LogP contribution in [-0.4, -0.2) is 52.5 Å². The third-order valence-electron chi connectivity index (χ3n) is 4.22. The summed E-state index contributed by atoms with van der Waals surface area (Å²) in [4.78, 5) is 24.1. The summed E-state index contributed by atoms with van der Waals surface area (Å²) in [6.07, 6.45) is -0.196. The number of carboxylic acids is 1. The van der Waals surface area contributed by atoms with Crippen molar-refractivity contribution in [2.75, 3.05) is 13.7 Å². The minimum atomic E-state index is -1.52. The lowest BCUT2D eigenvalue weighted by molar-refractivity contribution is -0.148. The second-order valence-corrected chi connectivity index (χ2v) is 5.71. The van der Waals surface area contributed by atoms with Gasteiger partial charge in [-0.1, -0.05) is 18.2 Å². The van der Waals surface area contributed by atoms with Gasteiger partial charge in [-0.2, -0.15) is 0 Å². The first-order valence-electron chi connectivity index (χ1n) is 7.52. The molecule has 0 saturated carbocycles. The van der Waals surface area contributed by atoms with Crippen LogP contribution >= 0.6 is 0 Å². The second kappa shape index (κ2) is 7.35. The van der Waals surface area contributed by atoms with E-state index in [0.717, 1.165) is 16.2 Å². The molecule has 7 heteroatoms. The molecule has 2 atom stereocenters. The third kappa shape index (κ3) is 3.51. The number of hydrogen-bond acceptors (Lipinski definition) is 4. The number of methoxy groups -OCH3 is 1. The Morgan fingerprint density at radius 2 is 2.04 bits per heavy atom. The van der Waals surface area contributed by atoms with Crippen molar-refractivity contribution in [2.45, 2.75) is 31.1 Å². The largest absolute Gasteiger partial charge is 0.497 e. The third-order valence-corrected chi connectivity index (χ3v) is 4.22. The fourth-order valence-electron chi connectivity index (χ4n) is 2.96. The first kappa shape index (κ1) is 17.8. The van der Waals surface area contributed by atoms with Gasteiger partial charge in [0.25, 0.3) is 0 Å². The van der Waals surface area contributed by atoms with Crippen LogP contribution < -0.4 is 4.74 Å². The zero-order valence-corrected chi connectivity index (χ0v) is 13.5. The van der Waals surface area contributed by atoms with E-state index in [2.05, 4.69) is 6.58 Å². The van der Waals surface area contributed by atoms with E-state index >= 15 is 0 Å². The SMILES string of the molecule is C=CC[C@@]1(C(=O)O)C[C@@H](OCc2ccc(OC)cc2)CN1C(=O)O. The summed E-state index contributed by atoms with van der Waals surface area (Å²) in [5.41, 5.74) is -0.618. The highest BCUT2D eigenvalue weighted by atomic mass is 16.5. The molecule has 1 amide bonds. The number of amides is 1. The maximum absolute atomic E-state index is 11.7. The van der Waals surface area contributed by atoms with Crippen molar-refractivity contribution >= 4 is 12.1 Å². The molecule has 0 bridgehead atoms. The first-order chi connectivity index (χ1) is 11.4. The minimum absolute atomic E-state index is 0.0195. The van der Waals surface area contributed by atoms with Gasteiger partial charge in [-0.3, -0.25) is 4.90 Å². The van der Waals surface area contributed by atoms with Gasteiger partial charge in [0.15, 0.2) is 0 Å². The molecule has 2 N–H and O–H groups in total. The zero-order chi connectivity index (χ0) is 17.7. The fraction of sp³-hybridized carbons (Fsp3) is 0.412. The Balaban J connectivity index is 2.07. The van der Waals surface area contributed by atoms with E-state index in [4.69, 9.17) is 9.47 Å². The highest BCUT2D eigenvalue weighted by Crippen LogP contribution is 2.35. The Kier molecular flexibility index (Phi) is 5.46. The maximum Gasteiger partial charge on any atom is 0.408 e. The van der Waals surface area contributed by atoms with Gasteiger partial charge in [0.05, 0.1) is 26.4 Å². The van der Waals surface area contributed by atoms with Crippen LogP contribution in [0.5, 0.6) is 5.75 Å². The van der Waals surface area contributed by atoms with E-state index in [-0.39, 0.29) is 26.0 Å². The molecule has 1 fully saturated rings. The van der Waals surface area contributed by atoms with Crippen LogP contribution in [0.1, 0.15) is 18.4 Å². The van der Waals surface area contributed by atoms with Gasteiger partial charge in [0, 0.05) is 6.42 Å². The van der Waals surface area contributed by atoms with Gasteiger partial charge in [-0.05, 0) is 24.1 Å². The van der Waals surface area contributed by atoms with Gasteiger partial charge in [0.1, 0.15) is 11.3 Å². The molecular formula is C17H21NO6. The average Bonchev–Trinajstić information content (AvgIpc) is 2.94. The number of carbonyl (C=O) groups is 2. The van der Waals surface area contributed by atoms with E-state index < -0.39 is 23.7 Å². The normalized spacial score (nSPS) is 23.0. The summed E-state index contributed by atoms with van der Waals surface area (Å²) in [6, 6.07) is 7.29. The molecule has 1 aliphatic heterocycles. The Labute approximate surface area is 140 Å². The Morgan fingerprint density at radius 3 is 2.54 bits per heavy atom. The lowest BCUT2D eigenvalue weighted by Crippen LogP contribution is -2.52. The predicted molar refractivity (Wildman–Crippen MR) is 86.1 cm³/mol. The summed E-state index contributed by atoms with van der Waals surface area (Å²) < 4.78 is 10.8. The van der Waals surface area contributed by atoms with Crippen molar-refractivity contribution in [1.29, 1.82) is 0 Å². The Bertz CT molecular complexity index is 614. The summed E-state index contributed by atoms with van der Waals surface area (Å²) in [5, 5.41) is 18.9. The number of aliphatic carboxylic acids is 1. The van der Waals surface area contributed by atoms with Crippen molar-refractivity contribution in [3.8, 4) is 5.75 Å². The number of nitrogens with zero attached hydrogens (tertiary/aromatic N) is 1. The smallest absolute Gasteiger partial charge is 0.408 e. The van der Waals surface area contributed by atoms with E-state index in [1.807, 2.05) is 12.1 Å². The zero-order valence-electron chi connectivity index (χ0n) is 13.5. The monoisotopic (exact) mass is 335 g/mol. The van der Waals surface area contributed by atoms with Crippen molar-refractivity contribution in [3.63, 3.8) is 0 Å². The van der Waals surface area contributed by atoms with Crippen LogP contribution in [0.15, 0.2) is 36.9 Å². The van der Waals surface area contributed by atoms with Crippen LogP contribution in [0, 0.1) is 0 Å². The molecule has 1 saturated heterocycles. The molecule has 130 valence electrons. The summed E-state index contributed by atoms with van der Waals surface area (Å²) in [7, 11) is 1.58. The molecule has 1 aliphatic rings. The van der Waals surface area contributed by atoms with Gasteiger partial charge >= 0.3 is 12.1 Å². The highest BCUT2D eigenvalue weighted by molar-refractivity contribution is 5.85. The molecule has 0 aliphatic carbocycles. The number of carboxylic acid groups (broad SMARTS) is 2. The van der Waals surface area contributed by atoms with Gasteiger partial charge in [-0.25, -0.2) is 9.59 Å².